The van der Waals surface area contributed by atoms with Gasteiger partial charge < -0.3 is 5.32 Å². The molecular weight excluding hydrogens is 308 g/mol. The molecule has 0 aliphatic heterocycles. The summed E-state index contributed by atoms with van der Waals surface area (Å²) in [5, 5.41) is 3.40. The number of anilines is 2. The molecule has 2 aromatic rings. The van der Waals surface area contributed by atoms with E-state index in [9.17, 15) is 8.42 Å². The molecule has 2 N–H and O–H groups in total. The van der Waals surface area contributed by atoms with E-state index >= 15 is 0 Å². The Bertz CT molecular complexity index is 726. The van der Waals surface area contributed by atoms with E-state index in [-0.39, 0.29) is 4.90 Å². The van der Waals surface area contributed by atoms with Crippen LogP contribution in [0.15, 0.2) is 23.4 Å². The van der Waals surface area contributed by atoms with Crippen molar-refractivity contribution in [1.29, 1.82) is 0 Å². The molecule has 0 amide bonds. The van der Waals surface area contributed by atoms with Gasteiger partial charge in [-0.25, -0.2) is 13.4 Å². The molecule has 0 fully saturated rings. The third kappa shape index (κ3) is 3.51. The molecule has 8 heteroatoms. The second-order valence-corrected chi connectivity index (χ2v) is 7.24. The van der Waals surface area contributed by atoms with Crippen molar-refractivity contribution in [3.8, 4) is 0 Å². The first-order valence-electron chi connectivity index (χ1n) is 6.65. The number of hydrogen-bond donors (Lipinski definition) is 2. The van der Waals surface area contributed by atoms with Crippen LogP contribution < -0.4 is 10.0 Å². The topological polar surface area (TPSA) is 84.0 Å². The smallest absolute Gasteiger partial charge is 0.267 e. The lowest BCUT2D eigenvalue weighted by Gasteiger charge is -2.10. The highest BCUT2D eigenvalue weighted by Crippen LogP contribution is 2.27. The van der Waals surface area contributed by atoms with Gasteiger partial charge in [-0.05, 0) is 26.3 Å². The Labute approximate surface area is 128 Å². The van der Waals surface area contributed by atoms with Gasteiger partial charge in [0, 0.05) is 23.8 Å². The van der Waals surface area contributed by atoms with Gasteiger partial charge >= 0.3 is 0 Å². The largest absolute Gasteiger partial charge is 0.384 e. The molecule has 21 heavy (non-hydrogen) atoms. The zero-order valence-electron chi connectivity index (χ0n) is 12.2. The van der Waals surface area contributed by atoms with Gasteiger partial charge in [-0.2, -0.15) is 0 Å². The molecule has 0 aliphatic carbocycles. The van der Waals surface area contributed by atoms with Crippen LogP contribution in [-0.2, 0) is 16.4 Å². The summed E-state index contributed by atoms with van der Waals surface area (Å²) in [6.07, 6.45) is 3.67. The van der Waals surface area contributed by atoms with Gasteiger partial charge in [-0.1, -0.05) is 6.92 Å². The number of nitrogens with one attached hydrogen (secondary N) is 2. The lowest BCUT2D eigenvalue weighted by molar-refractivity contribution is 0.601. The molecule has 0 radical (unpaired) electrons. The van der Waals surface area contributed by atoms with Gasteiger partial charge in [0.1, 0.15) is 4.90 Å². The normalized spacial score (nSPS) is 11.4. The summed E-state index contributed by atoms with van der Waals surface area (Å²) in [5.74, 6) is 0. The van der Waals surface area contributed by atoms with Crippen LogP contribution in [0.5, 0.6) is 0 Å². The molecule has 2 aromatic heterocycles. The average Bonchev–Trinajstić information content (AvgIpc) is 2.78. The van der Waals surface area contributed by atoms with Crippen molar-refractivity contribution < 1.29 is 8.42 Å². The van der Waals surface area contributed by atoms with Gasteiger partial charge in [0.25, 0.3) is 10.0 Å². The molecule has 0 bridgehead atoms. The quantitative estimate of drug-likeness (QED) is 0.852. The zero-order chi connectivity index (χ0) is 15.5. The number of nitrogens with zero attached hydrogens (tertiary/aromatic N) is 2. The van der Waals surface area contributed by atoms with Crippen molar-refractivity contribution in [1.82, 2.24) is 9.97 Å². The highest BCUT2D eigenvalue weighted by atomic mass is 32.2. The van der Waals surface area contributed by atoms with E-state index in [1.165, 1.54) is 17.5 Å². The number of thiazole rings is 1. The van der Waals surface area contributed by atoms with Crippen molar-refractivity contribution in [2.45, 2.75) is 32.1 Å². The first-order valence-corrected chi connectivity index (χ1v) is 8.95. The van der Waals surface area contributed by atoms with Crippen molar-refractivity contribution in [2.75, 3.05) is 16.6 Å². The third-order valence-corrected chi connectivity index (χ3v) is 5.31. The van der Waals surface area contributed by atoms with E-state index in [1.54, 1.807) is 12.3 Å². The number of hydrogen-bond acceptors (Lipinski definition) is 6. The predicted molar refractivity (Wildman–Crippen MR) is 85.4 cm³/mol. The van der Waals surface area contributed by atoms with Gasteiger partial charge in [0.05, 0.1) is 11.4 Å². The molecule has 0 spiro atoms. The molecule has 114 valence electrons. The number of aromatic nitrogens is 2. The zero-order valence-corrected chi connectivity index (χ0v) is 13.8. The lowest BCUT2D eigenvalue weighted by Crippen LogP contribution is -2.15. The van der Waals surface area contributed by atoms with Crippen molar-refractivity contribution in [3.05, 3.63) is 29.0 Å². The SMILES string of the molecule is CCNc1ccncc1S(=O)(=O)Nc1nc(CC)c(C)s1. The van der Waals surface area contributed by atoms with E-state index in [4.69, 9.17) is 0 Å². The fraction of sp³-hybridized carbons (Fsp3) is 0.385. The van der Waals surface area contributed by atoms with Gasteiger partial charge in [0.15, 0.2) is 5.13 Å². The summed E-state index contributed by atoms with van der Waals surface area (Å²) < 4.78 is 27.5. The van der Waals surface area contributed by atoms with E-state index in [1.807, 2.05) is 20.8 Å². The van der Waals surface area contributed by atoms with E-state index in [0.717, 1.165) is 17.0 Å². The monoisotopic (exact) mass is 326 g/mol. The highest BCUT2D eigenvalue weighted by molar-refractivity contribution is 7.93. The van der Waals surface area contributed by atoms with Crippen LogP contribution in [0.1, 0.15) is 24.4 Å². The Kier molecular flexibility index (Phi) is 4.79. The standard InChI is InChI=1S/C13H18N4O2S2/c1-4-10-9(3)20-13(16-10)17-21(18,19)12-8-14-7-6-11(12)15-5-2/h6-8H,4-5H2,1-3H3,(H,14,15)(H,16,17). The molecule has 0 atom stereocenters. The molecule has 0 aromatic carbocycles. The van der Waals surface area contributed by atoms with Crippen LogP contribution in [-0.4, -0.2) is 24.9 Å². The first kappa shape index (κ1) is 15.7. The summed E-state index contributed by atoms with van der Waals surface area (Å²) in [6, 6.07) is 1.64. The lowest BCUT2D eigenvalue weighted by atomic mass is 10.3. The van der Waals surface area contributed by atoms with Crippen LogP contribution in [0.3, 0.4) is 0 Å². The fourth-order valence-corrected chi connectivity index (χ4v) is 4.16. The Morgan fingerprint density at radius 3 is 2.71 bits per heavy atom. The first-order chi connectivity index (χ1) is 9.97. The molecular formula is C13H18N4O2S2. The summed E-state index contributed by atoms with van der Waals surface area (Å²) in [6.45, 7) is 6.46. The van der Waals surface area contributed by atoms with Crippen molar-refractivity contribution >= 4 is 32.2 Å². The minimum atomic E-state index is -3.70. The molecule has 0 aliphatic rings. The number of aryl methyl sites for hydroxylation is 2. The average molecular weight is 326 g/mol. The maximum absolute atomic E-state index is 12.5. The second kappa shape index (κ2) is 6.40. The van der Waals surface area contributed by atoms with E-state index < -0.39 is 10.0 Å². The summed E-state index contributed by atoms with van der Waals surface area (Å²) in [4.78, 5) is 9.34. The molecule has 0 saturated heterocycles. The van der Waals surface area contributed by atoms with Crippen molar-refractivity contribution in [3.63, 3.8) is 0 Å². The van der Waals surface area contributed by atoms with Crippen molar-refractivity contribution in [2.24, 2.45) is 0 Å². The maximum atomic E-state index is 12.5. The summed E-state index contributed by atoms with van der Waals surface area (Å²) >= 11 is 1.34. The second-order valence-electron chi connectivity index (χ2n) is 4.38. The Hall–Kier alpha value is -1.67. The van der Waals surface area contributed by atoms with Crippen LogP contribution in [0.4, 0.5) is 10.8 Å². The molecule has 0 unspecified atom stereocenters. The third-order valence-electron chi connectivity index (χ3n) is 2.89. The summed E-state index contributed by atoms with van der Waals surface area (Å²) in [7, 11) is -3.70. The highest BCUT2D eigenvalue weighted by Gasteiger charge is 2.20. The molecule has 2 heterocycles. The Balaban J connectivity index is 2.34. The van der Waals surface area contributed by atoms with Gasteiger partial charge in [-0.15, -0.1) is 11.3 Å². The van der Waals surface area contributed by atoms with Gasteiger partial charge in [0.2, 0.25) is 0 Å². The van der Waals surface area contributed by atoms with Crippen LogP contribution in [0, 0.1) is 6.92 Å². The Morgan fingerprint density at radius 2 is 2.10 bits per heavy atom. The predicted octanol–water partition coefficient (Wildman–Crippen LogP) is 2.64. The van der Waals surface area contributed by atoms with Crippen LogP contribution >= 0.6 is 11.3 Å². The molecule has 2 rings (SSSR count). The van der Waals surface area contributed by atoms with E-state index in [0.29, 0.717) is 17.4 Å². The van der Waals surface area contributed by atoms with Crippen LogP contribution in [0.25, 0.3) is 0 Å². The summed E-state index contributed by atoms with van der Waals surface area (Å²) in [5.41, 5.74) is 1.44. The van der Waals surface area contributed by atoms with E-state index in [2.05, 4.69) is 20.0 Å². The maximum Gasteiger partial charge on any atom is 0.267 e. The minimum absolute atomic E-state index is 0.123. The Morgan fingerprint density at radius 1 is 1.33 bits per heavy atom. The number of sulfonamides is 1. The number of rotatable bonds is 6. The number of pyridine rings is 1. The van der Waals surface area contributed by atoms with Crippen LogP contribution in [0.2, 0.25) is 0 Å². The molecule has 0 saturated carbocycles. The van der Waals surface area contributed by atoms with Gasteiger partial charge in [-0.3, -0.25) is 9.71 Å². The fourth-order valence-electron chi connectivity index (χ4n) is 1.90. The molecule has 6 nitrogen and oxygen atoms in total. The minimum Gasteiger partial charge on any atom is -0.384 e.